The van der Waals surface area contributed by atoms with Crippen molar-refractivity contribution in [3.05, 3.63) is 22.3 Å². The van der Waals surface area contributed by atoms with Crippen LogP contribution in [0, 0.1) is 5.92 Å². The Hall–Kier alpha value is -2.06. The first kappa shape index (κ1) is 20.2. The molecule has 2 atom stereocenters. The summed E-state index contributed by atoms with van der Waals surface area (Å²) in [4.78, 5) is 45.0. The summed E-state index contributed by atoms with van der Waals surface area (Å²) in [6.07, 6.45) is 2.34. The minimum absolute atomic E-state index is 0.0115. The highest BCUT2D eigenvalue weighted by molar-refractivity contribution is 6.34. The van der Waals surface area contributed by atoms with Crippen molar-refractivity contribution in [2.24, 2.45) is 5.92 Å². The van der Waals surface area contributed by atoms with Gasteiger partial charge < -0.3 is 15.1 Å². The molecule has 1 aromatic heterocycles. The fourth-order valence-electron chi connectivity index (χ4n) is 4.34. The van der Waals surface area contributed by atoms with Crippen LogP contribution >= 0.6 is 23.2 Å². The van der Waals surface area contributed by atoms with Crippen LogP contribution in [-0.4, -0.2) is 58.9 Å². The number of pyridine rings is 1. The first-order valence-corrected chi connectivity index (χ1v) is 10.6. The third-order valence-electron chi connectivity index (χ3n) is 6.00. The molecule has 4 rings (SSSR count). The van der Waals surface area contributed by atoms with E-state index in [0.717, 1.165) is 12.8 Å². The van der Waals surface area contributed by atoms with Crippen LogP contribution < -0.4 is 15.5 Å². The number of piperazine rings is 1. The van der Waals surface area contributed by atoms with Crippen LogP contribution in [0.3, 0.4) is 0 Å². The maximum atomic E-state index is 12.8. The first-order valence-electron chi connectivity index (χ1n) is 9.79. The van der Waals surface area contributed by atoms with Crippen molar-refractivity contribution < 1.29 is 14.4 Å². The second kappa shape index (κ2) is 7.65. The molecule has 1 aromatic rings. The summed E-state index contributed by atoms with van der Waals surface area (Å²) in [7, 11) is 0. The zero-order chi connectivity index (χ0) is 20.8. The van der Waals surface area contributed by atoms with Gasteiger partial charge in [0.2, 0.25) is 5.91 Å². The Labute approximate surface area is 178 Å². The Morgan fingerprint density at radius 1 is 1.28 bits per heavy atom. The van der Waals surface area contributed by atoms with E-state index in [4.69, 9.17) is 23.2 Å². The summed E-state index contributed by atoms with van der Waals surface area (Å²) in [5.74, 6) is 0.499. The van der Waals surface area contributed by atoms with E-state index in [0.29, 0.717) is 42.0 Å². The van der Waals surface area contributed by atoms with Crippen LogP contribution in [-0.2, 0) is 9.59 Å². The topological polar surface area (TPSA) is 94.6 Å². The molecule has 3 heterocycles. The predicted molar refractivity (Wildman–Crippen MR) is 109 cm³/mol. The lowest BCUT2D eigenvalue weighted by atomic mass is 9.87. The first-order chi connectivity index (χ1) is 13.8. The van der Waals surface area contributed by atoms with Crippen molar-refractivity contribution in [2.75, 3.05) is 24.5 Å². The van der Waals surface area contributed by atoms with Crippen LogP contribution in [0.2, 0.25) is 10.2 Å². The normalized spacial score (nSPS) is 27.1. The van der Waals surface area contributed by atoms with Gasteiger partial charge in [-0.3, -0.25) is 14.9 Å². The fraction of sp³-hybridized carbons (Fsp3) is 0.579. The number of nitrogens with one attached hydrogen (secondary N) is 2. The van der Waals surface area contributed by atoms with Crippen molar-refractivity contribution in [1.29, 1.82) is 0 Å². The maximum absolute atomic E-state index is 12.8. The molecule has 1 saturated carbocycles. The summed E-state index contributed by atoms with van der Waals surface area (Å²) in [6.45, 7) is 3.72. The number of urea groups is 1. The molecule has 3 fully saturated rings. The maximum Gasteiger partial charge on any atom is 0.322 e. The molecule has 0 radical (unpaired) electrons. The van der Waals surface area contributed by atoms with Gasteiger partial charge in [0.1, 0.15) is 16.5 Å². The van der Waals surface area contributed by atoms with E-state index in [1.807, 2.05) is 11.8 Å². The molecule has 2 N–H and O–H groups in total. The molecule has 3 aliphatic rings. The van der Waals surface area contributed by atoms with E-state index in [1.54, 1.807) is 12.1 Å². The third kappa shape index (κ3) is 4.00. The SMILES string of the molecule is C[C@H]1CN(C(=O)CCC2(C3CC3)NC(=O)NC2=O)CCN1c1cc(Cl)cc(Cl)n1. The monoisotopic (exact) mass is 439 g/mol. The van der Waals surface area contributed by atoms with Crippen LogP contribution in [0.15, 0.2) is 12.1 Å². The quantitative estimate of drug-likeness (QED) is 0.541. The molecular weight excluding hydrogens is 417 g/mol. The molecule has 0 spiro atoms. The van der Waals surface area contributed by atoms with Gasteiger partial charge in [0.05, 0.1) is 0 Å². The van der Waals surface area contributed by atoms with E-state index in [1.165, 1.54) is 0 Å². The van der Waals surface area contributed by atoms with Crippen molar-refractivity contribution >= 4 is 46.9 Å². The van der Waals surface area contributed by atoms with Crippen molar-refractivity contribution in [2.45, 2.75) is 44.2 Å². The molecule has 0 bridgehead atoms. The number of imide groups is 1. The van der Waals surface area contributed by atoms with Gasteiger partial charge >= 0.3 is 6.03 Å². The van der Waals surface area contributed by atoms with Crippen LogP contribution in [0.1, 0.15) is 32.6 Å². The zero-order valence-electron chi connectivity index (χ0n) is 16.1. The van der Waals surface area contributed by atoms with Crippen molar-refractivity contribution in [1.82, 2.24) is 20.5 Å². The highest BCUT2D eigenvalue weighted by Gasteiger charge is 2.55. The van der Waals surface area contributed by atoms with E-state index >= 15 is 0 Å². The standard InChI is InChI=1S/C19H23Cl2N5O3/c1-11-10-25(6-7-26(11)15-9-13(20)8-14(21)22-15)16(27)4-5-19(12-2-3-12)17(28)23-18(29)24-19/h8-9,11-12H,2-7,10H2,1H3,(H2,23,24,28,29)/t11-,19?/m0/s1. The van der Waals surface area contributed by atoms with Crippen LogP contribution in [0.25, 0.3) is 0 Å². The summed E-state index contributed by atoms with van der Waals surface area (Å²) in [5.41, 5.74) is -0.929. The Morgan fingerprint density at radius 3 is 2.62 bits per heavy atom. The highest BCUT2D eigenvalue weighted by atomic mass is 35.5. The fourth-order valence-corrected chi connectivity index (χ4v) is 4.80. The van der Waals surface area contributed by atoms with Gasteiger partial charge in [-0.1, -0.05) is 23.2 Å². The Morgan fingerprint density at radius 2 is 2.03 bits per heavy atom. The number of rotatable bonds is 5. The predicted octanol–water partition coefficient (Wildman–Crippen LogP) is 2.19. The lowest BCUT2D eigenvalue weighted by molar-refractivity contribution is -0.133. The molecule has 10 heteroatoms. The number of halogens is 2. The van der Waals surface area contributed by atoms with Gasteiger partial charge in [0.25, 0.3) is 5.91 Å². The number of carbonyl (C=O) groups excluding carboxylic acids is 3. The van der Waals surface area contributed by atoms with Gasteiger partial charge in [-0.2, -0.15) is 0 Å². The Kier molecular flexibility index (Phi) is 5.33. The lowest BCUT2D eigenvalue weighted by Gasteiger charge is -2.41. The molecule has 4 amide bonds. The van der Waals surface area contributed by atoms with Crippen molar-refractivity contribution in [3.8, 4) is 0 Å². The molecule has 2 saturated heterocycles. The highest BCUT2D eigenvalue weighted by Crippen LogP contribution is 2.43. The number of amides is 4. The Bertz CT molecular complexity index is 842. The minimum Gasteiger partial charge on any atom is -0.350 e. The average Bonchev–Trinajstić information content (AvgIpc) is 3.45. The number of anilines is 1. The minimum atomic E-state index is -0.929. The molecule has 156 valence electrons. The van der Waals surface area contributed by atoms with Crippen LogP contribution in [0.5, 0.6) is 0 Å². The number of aromatic nitrogens is 1. The number of hydrogen-bond acceptors (Lipinski definition) is 5. The Balaban J connectivity index is 1.37. The van der Waals surface area contributed by atoms with Crippen LogP contribution in [0.4, 0.5) is 10.6 Å². The van der Waals surface area contributed by atoms with E-state index in [9.17, 15) is 14.4 Å². The van der Waals surface area contributed by atoms with Gasteiger partial charge in [-0.15, -0.1) is 0 Å². The molecule has 1 unspecified atom stereocenters. The second-order valence-electron chi connectivity index (χ2n) is 8.00. The number of carbonyl (C=O) groups is 3. The summed E-state index contributed by atoms with van der Waals surface area (Å²) in [5, 5.41) is 5.95. The second-order valence-corrected chi connectivity index (χ2v) is 8.83. The van der Waals surface area contributed by atoms with Gasteiger partial charge in [0, 0.05) is 37.1 Å². The largest absolute Gasteiger partial charge is 0.350 e. The van der Waals surface area contributed by atoms with Gasteiger partial charge in [0.15, 0.2) is 0 Å². The van der Waals surface area contributed by atoms with Gasteiger partial charge in [-0.05, 0) is 44.2 Å². The lowest BCUT2D eigenvalue weighted by Crippen LogP contribution is -2.55. The van der Waals surface area contributed by atoms with Crippen molar-refractivity contribution in [3.63, 3.8) is 0 Å². The van der Waals surface area contributed by atoms with E-state index < -0.39 is 11.6 Å². The van der Waals surface area contributed by atoms with Gasteiger partial charge in [-0.25, -0.2) is 9.78 Å². The average molecular weight is 440 g/mol. The number of hydrogen-bond donors (Lipinski definition) is 2. The molecule has 2 aliphatic heterocycles. The molecule has 29 heavy (non-hydrogen) atoms. The summed E-state index contributed by atoms with van der Waals surface area (Å²) in [6, 6.07) is 2.93. The summed E-state index contributed by atoms with van der Waals surface area (Å²) >= 11 is 12.1. The van der Waals surface area contributed by atoms with E-state index in [2.05, 4.69) is 20.5 Å². The zero-order valence-corrected chi connectivity index (χ0v) is 17.6. The molecule has 1 aliphatic carbocycles. The third-order valence-corrected chi connectivity index (χ3v) is 6.41. The molecular formula is C19H23Cl2N5O3. The molecule has 0 aromatic carbocycles. The smallest absolute Gasteiger partial charge is 0.322 e. The van der Waals surface area contributed by atoms with E-state index in [-0.39, 0.29) is 30.2 Å². The number of nitrogens with zero attached hydrogens (tertiary/aromatic N) is 3. The summed E-state index contributed by atoms with van der Waals surface area (Å²) < 4.78 is 0. The molecule has 8 nitrogen and oxygen atoms in total.